The minimum absolute atomic E-state index is 0.248. The normalized spacial score (nSPS) is 11.8. The molecule has 0 fully saturated rings. The van der Waals surface area contributed by atoms with Crippen molar-refractivity contribution in [3.05, 3.63) is 52.4 Å². The van der Waals surface area contributed by atoms with Gasteiger partial charge in [-0.25, -0.2) is 9.97 Å². The molecule has 0 aliphatic rings. The standard InChI is InChI=1S/C17H21ClN4O/c1-4-11(2)20-16-9-15(21-12(3)22-16)17(23)19-10-13-7-5-6-8-14(13)18/h5-9,11H,4,10H2,1-3H3,(H,19,23)(H,20,21,22). The van der Waals surface area contributed by atoms with Gasteiger partial charge in [0.25, 0.3) is 5.91 Å². The van der Waals surface area contributed by atoms with Crippen LogP contribution in [0.5, 0.6) is 0 Å². The van der Waals surface area contributed by atoms with E-state index in [-0.39, 0.29) is 11.9 Å². The Kier molecular flexibility index (Phi) is 5.93. The summed E-state index contributed by atoms with van der Waals surface area (Å²) in [6.07, 6.45) is 0.969. The fourth-order valence-corrected chi connectivity index (χ4v) is 2.22. The number of nitrogens with one attached hydrogen (secondary N) is 2. The van der Waals surface area contributed by atoms with Crippen LogP contribution in [0.3, 0.4) is 0 Å². The first kappa shape index (κ1) is 17.2. The molecule has 1 heterocycles. The van der Waals surface area contributed by atoms with Gasteiger partial charge in [-0.3, -0.25) is 4.79 Å². The highest BCUT2D eigenvalue weighted by atomic mass is 35.5. The fourth-order valence-electron chi connectivity index (χ4n) is 2.02. The number of carbonyl (C=O) groups is 1. The van der Waals surface area contributed by atoms with Crippen LogP contribution in [-0.2, 0) is 6.54 Å². The van der Waals surface area contributed by atoms with Gasteiger partial charge in [-0.05, 0) is 31.9 Å². The van der Waals surface area contributed by atoms with E-state index in [9.17, 15) is 4.79 Å². The van der Waals surface area contributed by atoms with Crippen molar-refractivity contribution in [3.8, 4) is 0 Å². The number of rotatable bonds is 6. The predicted molar refractivity (Wildman–Crippen MR) is 92.8 cm³/mol. The molecule has 0 aliphatic carbocycles. The van der Waals surface area contributed by atoms with Crippen LogP contribution in [0.2, 0.25) is 5.02 Å². The Morgan fingerprint density at radius 3 is 2.74 bits per heavy atom. The molecule has 1 aromatic carbocycles. The fraction of sp³-hybridized carbons (Fsp3) is 0.353. The average molecular weight is 333 g/mol. The van der Waals surface area contributed by atoms with Gasteiger partial charge < -0.3 is 10.6 Å². The number of benzene rings is 1. The maximum absolute atomic E-state index is 12.3. The van der Waals surface area contributed by atoms with Gasteiger partial charge in [0.2, 0.25) is 0 Å². The van der Waals surface area contributed by atoms with Crippen LogP contribution >= 0.6 is 11.6 Å². The molecule has 0 saturated carbocycles. The molecule has 1 amide bonds. The second kappa shape index (κ2) is 7.92. The summed E-state index contributed by atoms with van der Waals surface area (Å²) in [5, 5.41) is 6.73. The number of aromatic nitrogens is 2. The first-order chi connectivity index (χ1) is 11.0. The van der Waals surface area contributed by atoms with Gasteiger partial charge in [0.05, 0.1) is 0 Å². The molecule has 0 aliphatic heterocycles. The Morgan fingerprint density at radius 2 is 2.04 bits per heavy atom. The summed E-state index contributed by atoms with van der Waals surface area (Å²) in [5.74, 6) is 0.971. The molecule has 0 radical (unpaired) electrons. The number of hydrogen-bond donors (Lipinski definition) is 2. The van der Waals surface area contributed by atoms with E-state index in [0.717, 1.165) is 12.0 Å². The molecule has 1 aromatic heterocycles. The van der Waals surface area contributed by atoms with Crippen molar-refractivity contribution in [1.82, 2.24) is 15.3 Å². The van der Waals surface area contributed by atoms with Crippen molar-refractivity contribution < 1.29 is 4.79 Å². The number of amides is 1. The van der Waals surface area contributed by atoms with Crippen molar-refractivity contribution in [3.63, 3.8) is 0 Å². The van der Waals surface area contributed by atoms with E-state index in [0.29, 0.717) is 28.9 Å². The van der Waals surface area contributed by atoms with Gasteiger partial charge in [0.1, 0.15) is 17.3 Å². The summed E-state index contributed by atoms with van der Waals surface area (Å²) in [7, 11) is 0. The Bertz CT molecular complexity index is 690. The summed E-state index contributed by atoms with van der Waals surface area (Å²) in [6.45, 7) is 6.28. The molecule has 2 rings (SSSR count). The van der Waals surface area contributed by atoms with E-state index in [4.69, 9.17) is 11.6 Å². The summed E-state index contributed by atoms with van der Waals surface area (Å²) >= 11 is 6.09. The smallest absolute Gasteiger partial charge is 0.270 e. The lowest BCUT2D eigenvalue weighted by Gasteiger charge is -2.13. The van der Waals surface area contributed by atoms with Crippen molar-refractivity contribution in [2.24, 2.45) is 0 Å². The Balaban J connectivity index is 2.08. The van der Waals surface area contributed by atoms with Crippen LogP contribution in [-0.4, -0.2) is 21.9 Å². The zero-order chi connectivity index (χ0) is 16.8. The SMILES string of the molecule is CCC(C)Nc1cc(C(=O)NCc2ccccc2Cl)nc(C)n1. The molecule has 1 atom stereocenters. The second-order valence-electron chi connectivity index (χ2n) is 5.41. The Morgan fingerprint density at radius 1 is 1.30 bits per heavy atom. The lowest BCUT2D eigenvalue weighted by atomic mass is 10.2. The molecule has 6 heteroatoms. The van der Waals surface area contributed by atoms with E-state index in [1.54, 1.807) is 19.1 Å². The van der Waals surface area contributed by atoms with Crippen molar-refractivity contribution in [2.75, 3.05) is 5.32 Å². The average Bonchev–Trinajstić information content (AvgIpc) is 2.53. The van der Waals surface area contributed by atoms with Gasteiger partial charge in [-0.2, -0.15) is 0 Å². The van der Waals surface area contributed by atoms with Gasteiger partial charge in [-0.1, -0.05) is 36.7 Å². The lowest BCUT2D eigenvalue weighted by molar-refractivity contribution is 0.0945. The third-order valence-corrected chi connectivity index (χ3v) is 3.84. The number of anilines is 1. The summed E-state index contributed by atoms with van der Waals surface area (Å²) in [6, 6.07) is 9.37. The summed E-state index contributed by atoms with van der Waals surface area (Å²) in [5.41, 5.74) is 1.21. The molecule has 0 bridgehead atoms. The number of nitrogens with zero attached hydrogens (tertiary/aromatic N) is 2. The predicted octanol–water partition coefficient (Wildman–Crippen LogP) is 3.58. The molecule has 5 nitrogen and oxygen atoms in total. The van der Waals surface area contributed by atoms with E-state index in [2.05, 4.69) is 34.4 Å². The molecule has 23 heavy (non-hydrogen) atoms. The Hall–Kier alpha value is -2.14. The number of aryl methyl sites for hydroxylation is 1. The first-order valence-electron chi connectivity index (χ1n) is 7.63. The highest BCUT2D eigenvalue weighted by Gasteiger charge is 2.12. The third kappa shape index (κ3) is 4.93. The monoisotopic (exact) mass is 332 g/mol. The van der Waals surface area contributed by atoms with Crippen molar-refractivity contribution in [2.45, 2.75) is 39.8 Å². The van der Waals surface area contributed by atoms with Gasteiger partial charge in [0, 0.05) is 23.7 Å². The quantitative estimate of drug-likeness (QED) is 0.848. The topological polar surface area (TPSA) is 66.9 Å². The molecule has 2 aromatic rings. The molecule has 122 valence electrons. The summed E-state index contributed by atoms with van der Waals surface area (Å²) in [4.78, 5) is 20.8. The molecule has 2 N–H and O–H groups in total. The maximum atomic E-state index is 12.3. The number of carbonyl (C=O) groups excluding carboxylic acids is 1. The van der Waals surface area contributed by atoms with Crippen LogP contribution in [0.15, 0.2) is 30.3 Å². The van der Waals surface area contributed by atoms with E-state index in [1.165, 1.54) is 0 Å². The molecule has 1 unspecified atom stereocenters. The van der Waals surface area contributed by atoms with Crippen molar-refractivity contribution in [1.29, 1.82) is 0 Å². The highest BCUT2D eigenvalue weighted by molar-refractivity contribution is 6.31. The van der Waals surface area contributed by atoms with E-state index >= 15 is 0 Å². The Labute approximate surface area is 141 Å². The van der Waals surface area contributed by atoms with E-state index < -0.39 is 0 Å². The molecular formula is C17H21ClN4O. The largest absolute Gasteiger partial charge is 0.368 e. The van der Waals surface area contributed by atoms with E-state index in [1.807, 2.05) is 18.2 Å². The maximum Gasteiger partial charge on any atom is 0.270 e. The minimum Gasteiger partial charge on any atom is -0.368 e. The molecule has 0 saturated heterocycles. The van der Waals surface area contributed by atoms with Crippen LogP contribution in [0.1, 0.15) is 42.1 Å². The highest BCUT2D eigenvalue weighted by Crippen LogP contribution is 2.15. The molecule has 0 spiro atoms. The van der Waals surface area contributed by atoms with Crippen LogP contribution in [0.25, 0.3) is 0 Å². The zero-order valence-electron chi connectivity index (χ0n) is 13.6. The number of halogens is 1. The van der Waals surface area contributed by atoms with Crippen molar-refractivity contribution >= 4 is 23.3 Å². The second-order valence-corrected chi connectivity index (χ2v) is 5.82. The van der Waals surface area contributed by atoms with Crippen LogP contribution < -0.4 is 10.6 Å². The van der Waals surface area contributed by atoms with Crippen LogP contribution in [0.4, 0.5) is 5.82 Å². The minimum atomic E-state index is -0.248. The molecular weight excluding hydrogens is 312 g/mol. The third-order valence-electron chi connectivity index (χ3n) is 3.47. The summed E-state index contributed by atoms with van der Waals surface area (Å²) < 4.78 is 0. The first-order valence-corrected chi connectivity index (χ1v) is 8.01. The zero-order valence-corrected chi connectivity index (χ0v) is 14.3. The van der Waals surface area contributed by atoms with Gasteiger partial charge >= 0.3 is 0 Å². The van der Waals surface area contributed by atoms with Gasteiger partial charge in [-0.15, -0.1) is 0 Å². The number of hydrogen-bond acceptors (Lipinski definition) is 4. The lowest BCUT2D eigenvalue weighted by Crippen LogP contribution is -2.25. The van der Waals surface area contributed by atoms with Crippen LogP contribution in [0, 0.1) is 6.92 Å². The van der Waals surface area contributed by atoms with Gasteiger partial charge in [0.15, 0.2) is 0 Å².